The van der Waals surface area contributed by atoms with E-state index in [1.54, 1.807) is 7.11 Å². The van der Waals surface area contributed by atoms with Crippen LogP contribution in [-0.2, 0) is 6.42 Å². The first-order chi connectivity index (χ1) is 10.7. The maximum Gasteiger partial charge on any atom is 0.189 e. The van der Waals surface area contributed by atoms with Crippen LogP contribution in [0.2, 0.25) is 0 Å². The van der Waals surface area contributed by atoms with Gasteiger partial charge in [0.25, 0.3) is 0 Å². The first kappa shape index (κ1) is 14.4. The SMILES string of the molecule is CCOc1ccc(C=C2Cc3ccccc3C2=O)cc1OC. The molecule has 0 fully saturated rings. The van der Waals surface area contributed by atoms with Crippen LogP contribution in [-0.4, -0.2) is 19.5 Å². The molecule has 0 bridgehead atoms. The van der Waals surface area contributed by atoms with Crippen molar-refractivity contribution >= 4 is 11.9 Å². The molecule has 1 aliphatic carbocycles. The highest BCUT2D eigenvalue weighted by Crippen LogP contribution is 2.31. The van der Waals surface area contributed by atoms with Crippen molar-refractivity contribution in [1.82, 2.24) is 0 Å². The molecule has 3 nitrogen and oxygen atoms in total. The second-order valence-corrected chi connectivity index (χ2v) is 5.18. The summed E-state index contributed by atoms with van der Waals surface area (Å²) in [5.74, 6) is 1.51. The summed E-state index contributed by atoms with van der Waals surface area (Å²) in [4.78, 5) is 12.4. The third-order valence-corrected chi connectivity index (χ3v) is 3.76. The number of allylic oxidation sites excluding steroid dienone is 1. The van der Waals surface area contributed by atoms with Gasteiger partial charge in [-0.2, -0.15) is 0 Å². The predicted molar refractivity (Wildman–Crippen MR) is 86.6 cm³/mol. The highest BCUT2D eigenvalue weighted by Gasteiger charge is 2.23. The zero-order valence-electron chi connectivity index (χ0n) is 12.8. The smallest absolute Gasteiger partial charge is 0.189 e. The predicted octanol–water partition coefficient (Wildman–Crippen LogP) is 3.92. The minimum absolute atomic E-state index is 0.114. The van der Waals surface area contributed by atoms with Crippen molar-refractivity contribution < 1.29 is 14.3 Å². The maximum atomic E-state index is 12.4. The Labute approximate surface area is 130 Å². The van der Waals surface area contributed by atoms with Crippen LogP contribution < -0.4 is 9.47 Å². The number of Topliss-reactive ketones (excluding diaryl/α,β-unsaturated/α-hetero) is 1. The molecule has 0 saturated heterocycles. The number of ether oxygens (including phenoxy) is 2. The number of methoxy groups -OCH3 is 1. The lowest BCUT2D eigenvalue weighted by Crippen LogP contribution is -1.97. The van der Waals surface area contributed by atoms with E-state index in [0.29, 0.717) is 24.5 Å². The summed E-state index contributed by atoms with van der Waals surface area (Å²) in [5.41, 5.74) is 3.66. The van der Waals surface area contributed by atoms with Crippen molar-refractivity contribution in [3.05, 3.63) is 64.7 Å². The van der Waals surface area contributed by atoms with Crippen LogP contribution in [0.3, 0.4) is 0 Å². The van der Waals surface area contributed by atoms with Crippen molar-refractivity contribution in [3.8, 4) is 11.5 Å². The van der Waals surface area contributed by atoms with E-state index in [2.05, 4.69) is 0 Å². The molecule has 0 aromatic heterocycles. The van der Waals surface area contributed by atoms with Gasteiger partial charge in [-0.25, -0.2) is 0 Å². The van der Waals surface area contributed by atoms with E-state index >= 15 is 0 Å². The molecule has 2 aromatic carbocycles. The Morgan fingerprint density at radius 1 is 1.14 bits per heavy atom. The molecule has 0 radical (unpaired) electrons. The molecule has 0 unspecified atom stereocenters. The van der Waals surface area contributed by atoms with Crippen molar-refractivity contribution in [3.63, 3.8) is 0 Å². The van der Waals surface area contributed by atoms with Gasteiger partial charge in [-0.1, -0.05) is 30.3 Å². The zero-order chi connectivity index (χ0) is 15.5. The first-order valence-electron chi connectivity index (χ1n) is 7.37. The number of fused-ring (bicyclic) bond motifs is 1. The lowest BCUT2D eigenvalue weighted by molar-refractivity contribution is 0.104. The van der Waals surface area contributed by atoms with Gasteiger partial charge in [-0.05, 0) is 36.3 Å². The summed E-state index contributed by atoms with van der Waals surface area (Å²) < 4.78 is 10.9. The molecular weight excluding hydrogens is 276 g/mol. The summed E-state index contributed by atoms with van der Waals surface area (Å²) in [7, 11) is 1.62. The molecular formula is C19H18O3. The molecule has 112 valence electrons. The number of carbonyl (C=O) groups excluding carboxylic acids is 1. The van der Waals surface area contributed by atoms with Crippen LogP contribution in [0.1, 0.15) is 28.4 Å². The van der Waals surface area contributed by atoms with Gasteiger partial charge < -0.3 is 9.47 Å². The quantitative estimate of drug-likeness (QED) is 0.802. The molecule has 0 heterocycles. The monoisotopic (exact) mass is 294 g/mol. The minimum atomic E-state index is 0.114. The molecule has 3 rings (SSSR count). The average Bonchev–Trinajstić information content (AvgIpc) is 2.85. The van der Waals surface area contributed by atoms with Gasteiger partial charge >= 0.3 is 0 Å². The highest BCUT2D eigenvalue weighted by atomic mass is 16.5. The zero-order valence-corrected chi connectivity index (χ0v) is 12.8. The fourth-order valence-corrected chi connectivity index (χ4v) is 2.72. The number of carbonyl (C=O) groups is 1. The Morgan fingerprint density at radius 3 is 2.68 bits per heavy atom. The number of benzene rings is 2. The molecule has 0 saturated carbocycles. The van der Waals surface area contributed by atoms with Gasteiger partial charge in [0.05, 0.1) is 13.7 Å². The lowest BCUT2D eigenvalue weighted by Gasteiger charge is -2.09. The van der Waals surface area contributed by atoms with E-state index in [4.69, 9.17) is 9.47 Å². The highest BCUT2D eigenvalue weighted by molar-refractivity contribution is 6.15. The minimum Gasteiger partial charge on any atom is -0.493 e. The molecule has 0 aliphatic heterocycles. The molecule has 3 heteroatoms. The van der Waals surface area contributed by atoms with Crippen LogP contribution in [0, 0.1) is 0 Å². The Morgan fingerprint density at radius 2 is 1.95 bits per heavy atom. The third kappa shape index (κ3) is 2.62. The van der Waals surface area contributed by atoms with Gasteiger partial charge in [0.15, 0.2) is 17.3 Å². The van der Waals surface area contributed by atoms with E-state index in [0.717, 1.165) is 22.3 Å². The molecule has 0 spiro atoms. The van der Waals surface area contributed by atoms with Crippen LogP contribution in [0.15, 0.2) is 48.0 Å². The molecule has 0 amide bonds. The van der Waals surface area contributed by atoms with E-state index in [9.17, 15) is 4.79 Å². The maximum absolute atomic E-state index is 12.4. The molecule has 1 aliphatic rings. The second kappa shape index (κ2) is 6.06. The largest absolute Gasteiger partial charge is 0.493 e. The van der Waals surface area contributed by atoms with Crippen molar-refractivity contribution in [1.29, 1.82) is 0 Å². The summed E-state index contributed by atoms with van der Waals surface area (Å²) in [6, 6.07) is 13.5. The van der Waals surface area contributed by atoms with Crippen LogP contribution in [0.4, 0.5) is 0 Å². The van der Waals surface area contributed by atoms with E-state index in [1.165, 1.54) is 0 Å². The van der Waals surface area contributed by atoms with E-state index in [1.807, 2.05) is 55.5 Å². The lowest BCUT2D eigenvalue weighted by atomic mass is 10.1. The summed E-state index contributed by atoms with van der Waals surface area (Å²) in [6.45, 7) is 2.52. The molecule has 0 N–H and O–H groups in total. The standard InChI is InChI=1S/C19H18O3/c1-3-22-17-9-8-13(11-18(17)21-2)10-15-12-14-6-4-5-7-16(14)19(15)20/h4-11H,3,12H2,1-2H3. The normalized spacial score (nSPS) is 15.0. The van der Waals surface area contributed by atoms with Gasteiger partial charge in [0.2, 0.25) is 0 Å². The van der Waals surface area contributed by atoms with Crippen LogP contribution in [0.25, 0.3) is 6.08 Å². The fourth-order valence-electron chi connectivity index (χ4n) is 2.72. The Hall–Kier alpha value is -2.55. The van der Waals surface area contributed by atoms with Gasteiger partial charge in [0.1, 0.15) is 0 Å². The van der Waals surface area contributed by atoms with E-state index in [-0.39, 0.29) is 5.78 Å². The fraction of sp³-hybridized carbons (Fsp3) is 0.211. The average molecular weight is 294 g/mol. The molecule has 22 heavy (non-hydrogen) atoms. The van der Waals surface area contributed by atoms with Crippen molar-refractivity contribution in [2.75, 3.05) is 13.7 Å². The Kier molecular flexibility index (Phi) is 3.96. The summed E-state index contributed by atoms with van der Waals surface area (Å²) in [5, 5.41) is 0. The Bertz CT molecular complexity index is 744. The Balaban J connectivity index is 1.92. The second-order valence-electron chi connectivity index (χ2n) is 5.18. The van der Waals surface area contributed by atoms with Gasteiger partial charge in [-0.15, -0.1) is 0 Å². The number of rotatable bonds is 4. The first-order valence-corrected chi connectivity index (χ1v) is 7.37. The van der Waals surface area contributed by atoms with Crippen LogP contribution in [0.5, 0.6) is 11.5 Å². The third-order valence-electron chi connectivity index (χ3n) is 3.76. The van der Waals surface area contributed by atoms with Crippen molar-refractivity contribution in [2.45, 2.75) is 13.3 Å². The van der Waals surface area contributed by atoms with Crippen LogP contribution >= 0.6 is 0 Å². The number of ketones is 1. The number of hydrogen-bond donors (Lipinski definition) is 0. The molecule has 2 aromatic rings. The van der Waals surface area contributed by atoms with Gasteiger partial charge in [0, 0.05) is 17.6 Å². The molecule has 0 atom stereocenters. The topological polar surface area (TPSA) is 35.5 Å². The van der Waals surface area contributed by atoms with Gasteiger partial charge in [-0.3, -0.25) is 4.79 Å². The van der Waals surface area contributed by atoms with E-state index < -0.39 is 0 Å². The number of hydrogen-bond acceptors (Lipinski definition) is 3. The summed E-state index contributed by atoms with van der Waals surface area (Å²) >= 11 is 0. The summed E-state index contributed by atoms with van der Waals surface area (Å²) in [6.07, 6.45) is 2.62. The van der Waals surface area contributed by atoms with Crippen molar-refractivity contribution in [2.24, 2.45) is 0 Å².